The summed E-state index contributed by atoms with van der Waals surface area (Å²) in [5, 5.41) is 7.94. The van der Waals surface area contributed by atoms with Crippen LogP contribution in [0.25, 0.3) is 10.9 Å². The van der Waals surface area contributed by atoms with Crippen molar-refractivity contribution in [1.82, 2.24) is 15.2 Å². The van der Waals surface area contributed by atoms with Gasteiger partial charge >= 0.3 is 0 Å². The quantitative estimate of drug-likeness (QED) is 0.540. The van der Waals surface area contributed by atoms with Crippen molar-refractivity contribution in [2.45, 2.75) is 83.2 Å². The summed E-state index contributed by atoms with van der Waals surface area (Å²) in [6.07, 6.45) is 6.15. The number of benzene rings is 1. The van der Waals surface area contributed by atoms with Crippen LogP contribution in [0, 0.1) is 5.92 Å². The van der Waals surface area contributed by atoms with Crippen LogP contribution in [0.1, 0.15) is 80.6 Å². The lowest BCUT2D eigenvalue weighted by Gasteiger charge is -2.28. The van der Waals surface area contributed by atoms with Crippen LogP contribution in [0.2, 0.25) is 5.02 Å². The minimum atomic E-state index is -2.55. The van der Waals surface area contributed by atoms with Crippen LogP contribution in [0.15, 0.2) is 18.3 Å². The summed E-state index contributed by atoms with van der Waals surface area (Å²) in [5.74, 6) is -2.30. The van der Waals surface area contributed by atoms with Crippen molar-refractivity contribution in [3.8, 4) is 0 Å². The second-order valence-electron chi connectivity index (χ2n) is 9.90. The largest absolute Gasteiger partial charge is 0.352 e. The first-order chi connectivity index (χ1) is 15.2. The number of nitrogens with one attached hydrogen (secondary N) is 2. The van der Waals surface area contributed by atoms with Crippen molar-refractivity contribution in [2.24, 2.45) is 5.92 Å². The molecule has 1 aliphatic heterocycles. The topological polar surface area (TPSA) is 46.1 Å². The predicted molar refractivity (Wildman–Crippen MR) is 126 cm³/mol. The maximum absolute atomic E-state index is 13.4. The number of fused-ring (bicyclic) bond motifs is 1. The molecule has 2 aliphatic rings. The van der Waals surface area contributed by atoms with E-state index in [1.54, 1.807) is 0 Å². The zero-order valence-electron chi connectivity index (χ0n) is 19.0. The van der Waals surface area contributed by atoms with E-state index in [0.717, 1.165) is 36.0 Å². The fourth-order valence-electron chi connectivity index (χ4n) is 5.01. The zero-order valence-corrected chi connectivity index (χ0v) is 19.8. The Bertz CT molecular complexity index is 956. The molecule has 0 bridgehead atoms. The van der Waals surface area contributed by atoms with Gasteiger partial charge in [-0.15, -0.1) is 0 Å². The van der Waals surface area contributed by atoms with Gasteiger partial charge in [0.15, 0.2) is 0 Å². The third kappa shape index (κ3) is 5.28. The number of piperidine rings is 1. The molecule has 0 radical (unpaired) electrons. The molecule has 1 unspecified atom stereocenters. The third-order valence-corrected chi connectivity index (χ3v) is 7.38. The fourth-order valence-corrected chi connectivity index (χ4v) is 5.33. The van der Waals surface area contributed by atoms with Gasteiger partial charge in [0.2, 0.25) is 5.92 Å². The van der Waals surface area contributed by atoms with E-state index in [4.69, 9.17) is 11.6 Å². The molecule has 2 fully saturated rings. The standard InChI is InChI=1S/C25H34ClF2N3O/c1-16(2)18-11-21(26)23-20(24(32)30-13-17-6-8-25(27,28)9-7-17)15-31(22(23)12-18)14-19-5-3-4-10-29-19/h11-12,15-17,19,29H,3-10,13-14H2,1-2H3,(H,30,32). The molecule has 32 heavy (non-hydrogen) atoms. The monoisotopic (exact) mass is 465 g/mol. The van der Waals surface area contributed by atoms with Gasteiger partial charge in [-0.25, -0.2) is 8.78 Å². The highest BCUT2D eigenvalue weighted by molar-refractivity contribution is 6.37. The van der Waals surface area contributed by atoms with E-state index < -0.39 is 5.92 Å². The van der Waals surface area contributed by atoms with E-state index >= 15 is 0 Å². The average molecular weight is 466 g/mol. The van der Waals surface area contributed by atoms with Crippen LogP contribution in [0.4, 0.5) is 8.78 Å². The average Bonchev–Trinajstić information content (AvgIpc) is 3.12. The van der Waals surface area contributed by atoms with Crippen LogP contribution in [-0.4, -0.2) is 35.5 Å². The second kappa shape index (κ2) is 9.68. The van der Waals surface area contributed by atoms with Crippen molar-refractivity contribution >= 4 is 28.4 Å². The van der Waals surface area contributed by atoms with Gasteiger partial charge in [-0.1, -0.05) is 31.9 Å². The number of halogens is 3. The molecule has 1 saturated heterocycles. The number of carbonyl (C=O) groups excluding carboxylic acids is 1. The Morgan fingerprint density at radius 3 is 2.66 bits per heavy atom. The molecule has 1 atom stereocenters. The highest BCUT2D eigenvalue weighted by atomic mass is 35.5. The smallest absolute Gasteiger partial charge is 0.253 e. The lowest BCUT2D eigenvalue weighted by molar-refractivity contribution is -0.0452. The van der Waals surface area contributed by atoms with Crippen molar-refractivity contribution in [2.75, 3.05) is 13.1 Å². The molecule has 1 saturated carbocycles. The summed E-state index contributed by atoms with van der Waals surface area (Å²) < 4.78 is 29.0. The predicted octanol–water partition coefficient (Wildman–Crippen LogP) is 6.12. The SMILES string of the molecule is CC(C)c1cc(Cl)c2c(C(=O)NCC3CCC(F)(F)CC3)cn(CC3CCCCN3)c2c1. The Hall–Kier alpha value is -1.66. The van der Waals surface area contributed by atoms with Crippen LogP contribution in [-0.2, 0) is 6.54 Å². The molecule has 2 N–H and O–H groups in total. The van der Waals surface area contributed by atoms with Gasteiger partial charge in [-0.3, -0.25) is 4.79 Å². The van der Waals surface area contributed by atoms with Gasteiger partial charge in [0.05, 0.1) is 16.1 Å². The van der Waals surface area contributed by atoms with Crippen LogP contribution in [0.5, 0.6) is 0 Å². The molecule has 1 amide bonds. The Kier molecular flexibility index (Phi) is 7.11. The number of carbonyl (C=O) groups is 1. The van der Waals surface area contributed by atoms with E-state index in [1.165, 1.54) is 12.8 Å². The number of hydrogen-bond donors (Lipinski definition) is 2. The van der Waals surface area contributed by atoms with E-state index in [2.05, 4.69) is 35.1 Å². The van der Waals surface area contributed by atoms with Gasteiger partial charge in [0.1, 0.15) is 0 Å². The number of aromatic nitrogens is 1. The van der Waals surface area contributed by atoms with E-state index in [9.17, 15) is 13.6 Å². The summed E-state index contributed by atoms with van der Waals surface area (Å²) in [6, 6.07) is 4.48. The van der Waals surface area contributed by atoms with Gasteiger partial charge in [0, 0.05) is 43.6 Å². The van der Waals surface area contributed by atoms with E-state index in [1.807, 2.05) is 12.3 Å². The zero-order chi connectivity index (χ0) is 22.9. The van der Waals surface area contributed by atoms with Gasteiger partial charge < -0.3 is 15.2 Å². The molecule has 7 heteroatoms. The van der Waals surface area contributed by atoms with Crippen molar-refractivity contribution < 1.29 is 13.6 Å². The molecule has 4 rings (SSSR count). The van der Waals surface area contributed by atoms with Crippen molar-refractivity contribution in [1.29, 1.82) is 0 Å². The molecule has 1 aliphatic carbocycles. The lowest BCUT2D eigenvalue weighted by Crippen LogP contribution is -2.37. The van der Waals surface area contributed by atoms with Gasteiger partial charge in [-0.2, -0.15) is 0 Å². The second-order valence-corrected chi connectivity index (χ2v) is 10.3. The lowest BCUT2D eigenvalue weighted by atomic mass is 9.87. The van der Waals surface area contributed by atoms with Crippen LogP contribution < -0.4 is 10.6 Å². The highest BCUT2D eigenvalue weighted by Gasteiger charge is 2.35. The van der Waals surface area contributed by atoms with Gasteiger partial charge in [0.25, 0.3) is 5.91 Å². The number of hydrogen-bond acceptors (Lipinski definition) is 2. The summed E-state index contributed by atoms with van der Waals surface area (Å²) in [4.78, 5) is 13.2. The Labute approximate surface area is 194 Å². The molecular formula is C25H34ClF2N3O. The maximum Gasteiger partial charge on any atom is 0.253 e. The first-order valence-corrected chi connectivity index (χ1v) is 12.3. The Balaban J connectivity index is 1.57. The minimum absolute atomic E-state index is 0.0922. The minimum Gasteiger partial charge on any atom is -0.352 e. The molecule has 0 spiro atoms. The molecule has 2 heterocycles. The highest BCUT2D eigenvalue weighted by Crippen LogP contribution is 2.36. The molecular weight excluding hydrogens is 432 g/mol. The normalized spacial score (nSPS) is 21.9. The van der Waals surface area contributed by atoms with Crippen molar-refractivity contribution in [3.05, 3.63) is 34.5 Å². The maximum atomic E-state index is 13.4. The Morgan fingerprint density at radius 2 is 2.00 bits per heavy atom. The number of amides is 1. The number of rotatable bonds is 6. The van der Waals surface area contributed by atoms with Crippen LogP contribution >= 0.6 is 11.6 Å². The van der Waals surface area contributed by atoms with Crippen molar-refractivity contribution in [3.63, 3.8) is 0 Å². The third-order valence-electron chi connectivity index (χ3n) is 7.08. The molecule has 1 aromatic heterocycles. The molecule has 1 aromatic carbocycles. The first-order valence-electron chi connectivity index (χ1n) is 11.9. The van der Waals surface area contributed by atoms with E-state index in [-0.39, 0.29) is 24.7 Å². The summed E-state index contributed by atoms with van der Waals surface area (Å²) in [5.41, 5.74) is 2.70. The molecule has 4 nitrogen and oxygen atoms in total. The summed E-state index contributed by atoms with van der Waals surface area (Å²) in [6.45, 7) is 6.51. The number of alkyl halides is 2. The summed E-state index contributed by atoms with van der Waals surface area (Å²) >= 11 is 6.70. The Morgan fingerprint density at radius 1 is 1.25 bits per heavy atom. The fraction of sp³-hybridized carbons (Fsp3) is 0.640. The van der Waals surface area contributed by atoms with Crippen LogP contribution in [0.3, 0.4) is 0 Å². The van der Waals surface area contributed by atoms with E-state index in [0.29, 0.717) is 41.9 Å². The number of nitrogens with zero attached hydrogens (tertiary/aromatic N) is 1. The first kappa shape index (κ1) is 23.5. The molecule has 176 valence electrons. The molecule has 2 aromatic rings. The summed E-state index contributed by atoms with van der Waals surface area (Å²) in [7, 11) is 0. The van der Waals surface area contributed by atoms with Gasteiger partial charge in [-0.05, 0) is 61.8 Å².